The number of rotatable bonds is 14. The number of oxime groups is 1. The SMILES string of the molecule is CCC[C@H](CC(=O)[C@@H]1CC2(CC(c3ccccc3)=NO2)CN1C(=O)[C@@H](NC(=O)Cc1cccnc1)C(C)(C)C)C(O)C(=O)CC1CC1. The Bertz CT molecular complexity index is 1470. The Morgan fingerprint density at radius 1 is 1.11 bits per heavy atom. The quantitative estimate of drug-likeness (QED) is 0.310. The first-order chi connectivity index (χ1) is 22.4. The molecule has 0 bridgehead atoms. The molecule has 2 unspecified atom stereocenters. The van der Waals surface area contributed by atoms with Gasteiger partial charge in [0.15, 0.2) is 17.2 Å². The van der Waals surface area contributed by atoms with Gasteiger partial charge in [-0.3, -0.25) is 24.2 Å². The van der Waals surface area contributed by atoms with Gasteiger partial charge in [-0.1, -0.05) is 75.7 Å². The largest absolute Gasteiger partial charge is 0.387 e. The van der Waals surface area contributed by atoms with E-state index in [9.17, 15) is 24.3 Å². The second-order valence-electron chi connectivity index (χ2n) is 14.7. The summed E-state index contributed by atoms with van der Waals surface area (Å²) in [5.41, 5.74) is 0.786. The first-order valence-corrected chi connectivity index (χ1v) is 16.9. The first-order valence-electron chi connectivity index (χ1n) is 16.9. The summed E-state index contributed by atoms with van der Waals surface area (Å²) in [5, 5.41) is 18.4. The summed E-state index contributed by atoms with van der Waals surface area (Å²) in [6.07, 6.45) is 6.25. The molecule has 47 heavy (non-hydrogen) atoms. The topological polar surface area (TPSA) is 138 Å². The van der Waals surface area contributed by atoms with Crippen molar-refractivity contribution < 1.29 is 29.1 Å². The average molecular weight is 645 g/mol. The molecule has 1 aromatic carbocycles. The van der Waals surface area contributed by atoms with Gasteiger partial charge in [0.05, 0.1) is 24.7 Å². The van der Waals surface area contributed by atoms with Crippen molar-refractivity contribution in [2.24, 2.45) is 22.4 Å². The van der Waals surface area contributed by atoms with E-state index in [4.69, 9.17) is 4.84 Å². The maximum Gasteiger partial charge on any atom is 0.246 e. The Morgan fingerprint density at radius 3 is 2.49 bits per heavy atom. The number of aliphatic hydroxyl groups is 1. The molecule has 5 rings (SSSR count). The number of benzene rings is 1. The van der Waals surface area contributed by atoms with Crippen LogP contribution in [0.1, 0.15) is 90.2 Å². The van der Waals surface area contributed by atoms with Crippen LogP contribution in [0.15, 0.2) is 60.0 Å². The van der Waals surface area contributed by atoms with Crippen LogP contribution in [0.2, 0.25) is 0 Å². The highest BCUT2D eigenvalue weighted by atomic mass is 16.7. The minimum absolute atomic E-state index is 0.0319. The Balaban J connectivity index is 1.39. The number of hydrogen-bond acceptors (Lipinski definition) is 8. The summed E-state index contributed by atoms with van der Waals surface area (Å²) in [5.74, 6) is -1.34. The lowest BCUT2D eigenvalue weighted by atomic mass is 9.84. The van der Waals surface area contributed by atoms with Crippen LogP contribution < -0.4 is 5.32 Å². The molecule has 2 N–H and O–H groups in total. The van der Waals surface area contributed by atoms with Crippen molar-refractivity contribution in [3.05, 3.63) is 66.0 Å². The maximum atomic E-state index is 14.5. The molecule has 252 valence electrons. The number of likely N-dealkylation sites (tertiary alicyclic amines) is 1. The van der Waals surface area contributed by atoms with Crippen LogP contribution in [0.4, 0.5) is 0 Å². The lowest BCUT2D eigenvalue weighted by Gasteiger charge is -2.36. The molecule has 3 aliphatic rings. The predicted octanol–water partition coefficient (Wildman–Crippen LogP) is 4.42. The van der Waals surface area contributed by atoms with Crippen LogP contribution in [-0.2, 0) is 30.4 Å². The summed E-state index contributed by atoms with van der Waals surface area (Å²) >= 11 is 0. The van der Waals surface area contributed by atoms with E-state index in [1.165, 1.54) is 0 Å². The lowest BCUT2D eigenvalue weighted by Crippen LogP contribution is -2.57. The summed E-state index contributed by atoms with van der Waals surface area (Å²) < 4.78 is 0. The second-order valence-corrected chi connectivity index (χ2v) is 14.7. The normalized spacial score (nSPS) is 22.7. The molecule has 1 aliphatic carbocycles. The standard InChI is InChI=1S/C37H48N4O6/c1-5-10-27(33(45)31(43)17-24-14-15-24)19-30(42)29-21-37(20-28(40-47-37)26-12-7-6-8-13-26)23-41(29)35(46)34(36(2,3)4)39-32(44)18-25-11-9-16-38-22-25/h6-9,11-13,16,22,24,27,29,33-34,45H,5,10,14-15,17-21,23H2,1-4H3,(H,39,44)/t27-,29+,33?,34-,37?/m1/s1. The van der Waals surface area contributed by atoms with Crippen LogP contribution in [-0.4, -0.2) is 74.4 Å². The van der Waals surface area contributed by atoms with Crippen LogP contribution in [0.5, 0.6) is 0 Å². The number of hydrogen-bond donors (Lipinski definition) is 2. The van der Waals surface area contributed by atoms with Gasteiger partial charge in [0, 0.05) is 38.1 Å². The van der Waals surface area contributed by atoms with Gasteiger partial charge < -0.3 is 20.2 Å². The number of amides is 2. The number of nitrogens with one attached hydrogen (secondary N) is 1. The fourth-order valence-corrected chi connectivity index (χ4v) is 6.81. The van der Waals surface area contributed by atoms with Gasteiger partial charge >= 0.3 is 0 Å². The molecule has 3 heterocycles. The fraction of sp³-hybridized carbons (Fsp3) is 0.568. The van der Waals surface area contributed by atoms with Crippen LogP contribution in [0.3, 0.4) is 0 Å². The fourth-order valence-electron chi connectivity index (χ4n) is 6.81. The second kappa shape index (κ2) is 14.5. The van der Waals surface area contributed by atoms with E-state index in [0.29, 0.717) is 31.6 Å². The monoisotopic (exact) mass is 644 g/mol. The number of pyridine rings is 1. The molecule has 10 heteroatoms. The van der Waals surface area contributed by atoms with Crippen LogP contribution in [0.25, 0.3) is 0 Å². The molecule has 5 atom stereocenters. The Hall–Kier alpha value is -3.92. The predicted molar refractivity (Wildman–Crippen MR) is 177 cm³/mol. The summed E-state index contributed by atoms with van der Waals surface area (Å²) in [4.78, 5) is 66.6. The van der Waals surface area contributed by atoms with E-state index in [1.807, 2.05) is 58.0 Å². The smallest absolute Gasteiger partial charge is 0.246 e. The molecule has 1 saturated carbocycles. The molecule has 1 aromatic heterocycles. The van der Waals surface area contributed by atoms with Crippen LogP contribution in [0, 0.1) is 17.3 Å². The van der Waals surface area contributed by atoms with Crippen LogP contribution >= 0.6 is 0 Å². The maximum absolute atomic E-state index is 14.5. The molecule has 2 amide bonds. The van der Waals surface area contributed by atoms with Crippen molar-refractivity contribution in [3.8, 4) is 0 Å². The average Bonchev–Trinajstić information content (AvgIpc) is 3.64. The Labute approximate surface area is 277 Å². The van der Waals surface area contributed by atoms with E-state index in [-0.39, 0.29) is 49.2 Å². The summed E-state index contributed by atoms with van der Waals surface area (Å²) in [6, 6.07) is 11.4. The zero-order chi connectivity index (χ0) is 33.8. The minimum Gasteiger partial charge on any atom is -0.387 e. The highest BCUT2D eigenvalue weighted by molar-refractivity contribution is 6.02. The lowest BCUT2D eigenvalue weighted by molar-refractivity contribution is -0.144. The number of carbonyl (C=O) groups is 4. The third-order valence-electron chi connectivity index (χ3n) is 9.59. The van der Waals surface area contributed by atoms with E-state index in [0.717, 1.165) is 29.7 Å². The number of nitrogens with zero attached hydrogens (tertiary/aromatic N) is 3. The van der Waals surface area contributed by atoms with E-state index in [1.54, 1.807) is 29.4 Å². The molecule has 2 aromatic rings. The summed E-state index contributed by atoms with van der Waals surface area (Å²) in [6.45, 7) is 7.72. The van der Waals surface area contributed by atoms with Crippen molar-refractivity contribution >= 4 is 29.1 Å². The third-order valence-corrected chi connectivity index (χ3v) is 9.59. The number of aromatic nitrogens is 1. The van der Waals surface area contributed by atoms with Crippen molar-refractivity contribution in [3.63, 3.8) is 0 Å². The first kappa shape index (κ1) is 34.4. The molecule has 0 radical (unpaired) electrons. The van der Waals surface area contributed by atoms with Crippen molar-refractivity contribution in [1.29, 1.82) is 0 Å². The van der Waals surface area contributed by atoms with Gasteiger partial charge in [-0.2, -0.15) is 0 Å². The number of aliphatic hydroxyl groups excluding tert-OH is 1. The van der Waals surface area contributed by atoms with Gasteiger partial charge in [0.2, 0.25) is 11.8 Å². The van der Waals surface area contributed by atoms with E-state index >= 15 is 0 Å². The van der Waals surface area contributed by atoms with E-state index < -0.39 is 35.1 Å². The molecule has 1 saturated heterocycles. The van der Waals surface area contributed by atoms with Gasteiger partial charge in [0.25, 0.3) is 0 Å². The van der Waals surface area contributed by atoms with Gasteiger partial charge in [0.1, 0.15) is 12.1 Å². The zero-order valence-electron chi connectivity index (χ0n) is 28.0. The molecular formula is C37H48N4O6. The third kappa shape index (κ3) is 8.52. The molecule has 2 aliphatic heterocycles. The number of Topliss-reactive ketones (excluding diaryl/α,β-unsaturated/α-hetero) is 2. The molecule has 1 spiro atoms. The van der Waals surface area contributed by atoms with Crippen molar-refractivity contribution in [2.75, 3.05) is 6.54 Å². The van der Waals surface area contributed by atoms with Gasteiger partial charge in [-0.05, 0) is 53.7 Å². The Morgan fingerprint density at radius 2 is 1.85 bits per heavy atom. The van der Waals surface area contributed by atoms with Gasteiger partial charge in [-0.25, -0.2) is 0 Å². The zero-order valence-corrected chi connectivity index (χ0v) is 28.0. The molecule has 10 nitrogen and oxygen atoms in total. The van der Waals surface area contributed by atoms with E-state index in [2.05, 4.69) is 15.5 Å². The Kier molecular flexibility index (Phi) is 10.6. The highest BCUT2D eigenvalue weighted by Crippen LogP contribution is 2.41. The number of ketones is 2. The van der Waals surface area contributed by atoms with Gasteiger partial charge in [-0.15, -0.1) is 0 Å². The van der Waals surface area contributed by atoms with Crippen molar-refractivity contribution in [2.45, 2.75) is 109 Å². The summed E-state index contributed by atoms with van der Waals surface area (Å²) in [7, 11) is 0. The molecular weight excluding hydrogens is 596 g/mol. The minimum atomic E-state index is -1.22. The number of carbonyl (C=O) groups excluding carboxylic acids is 4. The van der Waals surface area contributed by atoms with Crippen molar-refractivity contribution in [1.82, 2.24) is 15.2 Å². The highest BCUT2D eigenvalue weighted by Gasteiger charge is 2.55. The molecule has 2 fully saturated rings.